The second kappa shape index (κ2) is 5.30. The average molecular weight is 307 g/mol. The summed E-state index contributed by atoms with van der Waals surface area (Å²) in [6.45, 7) is 1.76. The van der Waals surface area contributed by atoms with Gasteiger partial charge in [-0.15, -0.1) is 16.9 Å². The van der Waals surface area contributed by atoms with Crippen molar-refractivity contribution in [2.24, 2.45) is 0 Å². The Kier molecular flexibility index (Phi) is 3.50. The summed E-state index contributed by atoms with van der Waals surface area (Å²) < 4.78 is 1.33. The Balaban J connectivity index is 1.82. The van der Waals surface area contributed by atoms with Gasteiger partial charge in [0.2, 0.25) is 5.88 Å². The Labute approximate surface area is 124 Å². The van der Waals surface area contributed by atoms with Gasteiger partial charge in [-0.1, -0.05) is 11.6 Å². The van der Waals surface area contributed by atoms with Crippen LogP contribution in [0.4, 0.5) is 0 Å². The van der Waals surface area contributed by atoms with Crippen LogP contribution in [0, 0.1) is 6.92 Å². The summed E-state index contributed by atoms with van der Waals surface area (Å²) in [5.41, 5.74) is 0.752. The van der Waals surface area contributed by atoms with Crippen LogP contribution in [0.25, 0.3) is 5.78 Å². The highest BCUT2D eigenvalue weighted by Gasteiger charge is 2.08. The number of hydrogen-bond acceptors (Lipinski definition) is 5. The molecule has 2 heterocycles. The lowest BCUT2D eigenvalue weighted by molar-refractivity contribution is 0.434. The molecule has 0 spiro atoms. The van der Waals surface area contributed by atoms with Crippen molar-refractivity contribution in [3.05, 3.63) is 46.9 Å². The van der Waals surface area contributed by atoms with Crippen LogP contribution in [0.1, 0.15) is 11.5 Å². The van der Waals surface area contributed by atoms with E-state index in [1.165, 1.54) is 4.52 Å². The maximum atomic E-state index is 9.89. The average Bonchev–Trinajstić information content (AvgIpc) is 2.79. The summed E-state index contributed by atoms with van der Waals surface area (Å²) in [7, 11) is 0. The third-order valence-electron chi connectivity index (χ3n) is 2.65. The number of halogens is 1. The van der Waals surface area contributed by atoms with E-state index in [0.29, 0.717) is 22.4 Å². The highest BCUT2D eigenvalue weighted by atomic mass is 35.5. The molecule has 0 saturated carbocycles. The van der Waals surface area contributed by atoms with E-state index in [4.69, 9.17) is 11.6 Å². The van der Waals surface area contributed by atoms with Gasteiger partial charge >= 0.3 is 0 Å². The first-order valence-corrected chi connectivity index (χ1v) is 7.29. The monoisotopic (exact) mass is 306 g/mol. The number of aromatic hydroxyl groups is 1. The van der Waals surface area contributed by atoms with Crippen LogP contribution >= 0.6 is 23.4 Å². The Morgan fingerprint density at radius 3 is 2.75 bits per heavy atom. The summed E-state index contributed by atoms with van der Waals surface area (Å²) in [5.74, 6) is 1.67. The van der Waals surface area contributed by atoms with Gasteiger partial charge in [0.1, 0.15) is 5.82 Å². The normalized spacial score (nSPS) is 11.1. The fourth-order valence-electron chi connectivity index (χ4n) is 1.76. The third kappa shape index (κ3) is 2.71. The molecule has 20 heavy (non-hydrogen) atoms. The van der Waals surface area contributed by atoms with Gasteiger partial charge in [-0.2, -0.15) is 9.50 Å². The van der Waals surface area contributed by atoms with E-state index in [1.807, 2.05) is 24.3 Å². The van der Waals surface area contributed by atoms with Crippen LogP contribution in [0.15, 0.2) is 35.2 Å². The molecule has 1 aromatic carbocycles. The largest absolute Gasteiger partial charge is 0.493 e. The minimum absolute atomic E-state index is 0.0438. The smallest absolute Gasteiger partial charge is 0.255 e. The Bertz CT molecular complexity index is 757. The standard InChI is InChI=1S/C13H11ClN4OS/c1-8-15-13-16-10(6-12(19)18(13)17-8)7-20-11-4-2-9(14)3-5-11/h2-6,19H,7H2,1H3. The molecule has 0 fully saturated rings. The predicted molar refractivity (Wildman–Crippen MR) is 78.2 cm³/mol. The number of hydrogen-bond donors (Lipinski definition) is 1. The topological polar surface area (TPSA) is 63.3 Å². The molecule has 102 valence electrons. The van der Waals surface area contributed by atoms with Gasteiger partial charge in [0.15, 0.2) is 0 Å². The first-order valence-electron chi connectivity index (χ1n) is 5.92. The van der Waals surface area contributed by atoms with Crippen LogP contribution in [0.5, 0.6) is 5.88 Å². The molecule has 0 atom stereocenters. The van der Waals surface area contributed by atoms with E-state index < -0.39 is 0 Å². The third-order valence-corrected chi connectivity index (χ3v) is 3.95. The summed E-state index contributed by atoms with van der Waals surface area (Å²) in [4.78, 5) is 9.62. The molecule has 2 aromatic heterocycles. The molecule has 0 unspecified atom stereocenters. The molecule has 3 rings (SSSR count). The number of nitrogens with zero attached hydrogens (tertiary/aromatic N) is 4. The van der Waals surface area contributed by atoms with Crippen molar-refractivity contribution in [2.75, 3.05) is 0 Å². The fraction of sp³-hybridized carbons (Fsp3) is 0.154. The second-order valence-corrected chi connectivity index (χ2v) is 5.70. The zero-order valence-corrected chi connectivity index (χ0v) is 12.2. The van der Waals surface area contributed by atoms with Crippen LogP contribution in [-0.2, 0) is 5.75 Å². The Hall–Kier alpha value is -1.79. The minimum atomic E-state index is 0.0438. The Morgan fingerprint density at radius 2 is 2.00 bits per heavy atom. The molecule has 5 nitrogen and oxygen atoms in total. The van der Waals surface area contributed by atoms with Gasteiger partial charge in [-0.25, -0.2) is 4.98 Å². The van der Waals surface area contributed by atoms with E-state index in [-0.39, 0.29) is 5.88 Å². The Morgan fingerprint density at radius 1 is 1.25 bits per heavy atom. The maximum absolute atomic E-state index is 9.89. The number of fused-ring (bicyclic) bond motifs is 1. The van der Waals surface area contributed by atoms with Crippen molar-refractivity contribution in [3.63, 3.8) is 0 Å². The van der Waals surface area contributed by atoms with Crippen molar-refractivity contribution >= 4 is 29.1 Å². The van der Waals surface area contributed by atoms with E-state index in [2.05, 4.69) is 15.1 Å². The number of thioether (sulfide) groups is 1. The van der Waals surface area contributed by atoms with Gasteiger partial charge in [0, 0.05) is 21.7 Å². The highest BCUT2D eigenvalue weighted by Crippen LogP contribution is 2.25. The van der Waals surface area contributed by atoms with Crippen molar-refractivity contribution in [3.8, 4) is 5.88 Å². The zero-order valence-electron chi connectivity index (χ0n) is 10.6. The van der Waals surface area contributed by atoms with Gasteiger partial charge in [0.05, 0.1) is 5.69 Å². The van der Waals surface area contributed by atoms with Gasteiger partial charge < -0.3 is 5.11 Å². The first kappa shape index (κ1) is 13.2. The zero-order chi connectivity index (χ0) is 14.1. The van der Waals surface area contributed by atoms with Crippen LogP contribution in [0.2, 0.25) is 5.02 Å². The molecule has 3 aromatic rings. The molecular formula is C13H11ClN4OS. The number of aryl methyl sites for hydroxylation is 1. The van der Waals surface area contributed by atoms with Crippen LogP contribution in [-0.4, -0.2) is 24.7 Å². The first-order chi connectivity index (χ1) is 9.61. The molecule has 0 amide bonds. The van der Waals surface area contributed by atoms with Crippen LogP contribution in [0.3, 0.4) is 0 Å². The van der Waals surface area contributed by atoms with Gasteiger partial charge in [0.25, 0.3) is 5.78 Å². The van der Waals surface area contributed by atoms with E-state index >= 15 is 0 Å². The quantitative estimate of drug-likeness (QED) is 0.753. The molecule has 1 N–H and O–H groups in total. The number of benzene rings is 1. The fourth-order valence-corrected chi connectivity index (χ4v) is 2.68. The van der Waals surface area contributed by atoms with Crippen molar-refractivity contribution in [1.82, 2.24) is 19.6 Å². The molecule has 7 heteroatoms. The minimum Gasteiger partial charge on any atom is -0.493 e. The van der Waals surface area contributed by atoms with Gasteiger partial charge in [-0.3, -0.25) is 0 Å². The molecule has 0 aliphatic rings. The molecule has 0 saturated heterocycles. The molecular weight excluding hydrogens is 296 g/mol. The second-order valence-electron chi connectivity index (χ2n) is 4.22. The van der Waals surface area contributed by atoms with Crippen molar-refractivity contribution in [1.29, 1.82) is 0 Å². The van der Waals surface area contributed by atoms with E-state index in [9.17, 15) is 5.11 Å². The van der Waals surface area contributed by atoms with Crippen molar-refractivity contribution < 1.29 is 5.11 Å². The molecule has 0 radical (unpaired) electrons. The maximum Gasteiger partial charge on any atom is 0.255 e. The summed E-state index contributed by atoms with van der Waals surface area (Å²) in [5, 5.41) is 14.7. The van der Waals surface area contributed by atoms with Crippen molar-refractivity contribution in [2.45, 2.75) is 17.6 Å². The highest BCUT2D eigenvalue weighted by molar-refractivity contribution is 7.98. The summed E-state index contributed by atoms with van der Waals surface area (Å²) in [6, 6.07) is 9.20. The molecule has 0 aliphatic carbocycles. The lowest BCUT2D eigenvalue weighted by atomic mass is 10.4. The lowest BCUT2D eigenvalue weighted by Crippen LogP contribution is -1.96. The lowest BCUT2D eigenvalue weighted by Gasteiger charge is -2.03. The summed E-state index contributed by atoms with van der Waals surface area (Å²) in [6.07, 6.45) is 0. The predicted octanol–water partition coefficient (Wildman–Crippen LogP) is 3.08. The number of rotatable bonds is 3. The summed E-state index contributed by atoms with van der Waals surface area (Å²) >= 11 is 7.46. The molecule has 0 bridgehead atoms. The molecule has 0 aliphatic heterocycles. The van der Waals surface area contributed by atoms with Crippen LogP contribution < -0.4 is 0 Å². The van der Waals surface area contributed by atoms with E-state index in [0.717, 1.165) is 10.6 Å². The number of aromatic nitrogens is 4. The van der Waals surface area contributed by atoms with Gasteiger partial charge in [-0.05, 0) is 31.2 Å². The SMILES string of the molecule is Cc1nc2nc(CSc3ccc(Cl)cc3)cc(O)n2n1. The van der Waals surface area contributed by atoms with E-state index in [1.54, 1.807) is 24.8 Å².